The molecule has 1 unspecified atom stereocenters. The van der Waals surface area contributed by atoms with Gasteiger partial charge in [-0.25, -0.2) is 0 Å². The predicted molar refractivity (Wildman–Crippen MR) is 153 cm³/mol. The number of likely N-dealkylation sites (N-methyl/N-ethyl adjacent to an activating group) is 1. The monoisotopic (exact) mass is 519 g/mol. The number of rotatable bonds is 4. The number of hydrogen-bond acceptors (Lipinski definition) is 6. The van der Waals surface area contributed by atoms with Gasteiger partial charge in [-0.1, -0.05) is 48.5 Å². The van der Waals surface area contributed by atoms with Crippen LogP contribution in [0.15, 0.2) is 96.6 Å². The highest BCUT2D eigenvalue weighted by molar-refractivity contribution is 6.51. The van der Waals surface area contributed by atoms with Crippen molar-refractivity contribution in [3.8, 4) is 5.75 Å². The summed E-state index contributed by atoms with van der Waals surface area (Å²) in [6.45, 7) is 3.79. The predicted octanol–water partition coefficient (Wildman–Crippen LogP) is 4.92. The van der Waals surface area contributed by atoms with Crippen LogP contribution in [0.3, 0.4) is 0 Å². The number of aromatic hydroxyl groups is 1. The molecule has 0 aromatic heterocycles. The summed E-state index contributed by atoms with van der Waals surface area (Å²) in [6.07, 6.45) is 0. The first-order valence-corrected chi connectivity index (χ1v) is 13.0. The lowest BCUT2D eigenvalue weighted by Crippen LogP contribution is -2.44. The maximum atomic E-state index is 13.5. The molecule has 2 saturated heterocycles. The molecule has 0 saturated carbocycles. The average molecular weight is 520 g/mol. The number of aliphatic hydroxyl groups excluding tert-OH is 1. The van der Waals surface area contributed by atoms with E-state index in [1.807, 2.05) is 60.7 Å². The van der Waals surface area contributed by atoms with E-state index in [2.05, 4.69) is 16.8 Å². The van der Waals surface area contributed by atoms with Crippen LogP contribution in [0.2, 0.25) is 0 Å². The molecule has 0 radical (unpaired) electrons. The average Bonchev–Trinajstić information content (AvgIpc) is 3.23. The second-order valence-corrected chi connectivity index (χ2v) is 10.1. The van der Waals surface area contributed by atoms with Gasteiger partial charge in [0.2, 0.25) is 0 Å². The van der Waals surface area contributed by atoms with Gasteiger partial charge >= 0.3 is 0 Å². The fourth-order valence-electron chi connectivity index (χ4n) is 5.45. The molecule has 4 aromatic rings. The molecule has 2 aliphatic heterocycles. The Hall–Kier alpha value is -4.62. The van der Waals surface area contributed by atoms with E-state index < -0.39 is 17.7 Å². The van der Waals surface area contributed by atoms with Gasteiger partial charge in [0.1, 0.15) is 11.5 Å². The molecule has 0 bridgehead atoms. The van der Waals surface area contributed by atoms with E-state index in [-0.39, 0.29) is 17.1 Å². The van der Waals surface area contributed by atoms with Crippen LogP contribution in [0.1, 0.15) is 17.2 Å². The highest BCUT2D eigenvalue weighted by atomic mass is 16.3. The van der Waals surface area contributed by atoms with Gasteiger partial charge in [-0.05, 0) is 65.8 Å². The van der Waals surface area contributed by atoms with Crippen LogP contribution in [0, 0.1) is 0 Å². The second-order valence-electron chi connectivity index (χ2n) is 10.1. The first-order valence-electron chi connectivity index (χ1n) is 13.0. The zero-order valence-electron chi connectivity index (χ0n) is 21.6. The van der Waals surface area contributed by atoms with Crippen LogP contribution in [0.25, 0.3) is 16.5 Å². The third-order valence-electron chi connectivity index (χ3n) is 7.67. The Morgan fingerprint density at radius 2 is 1.41 bits per heavy atom. The Bertz CT molecular complexity index is 1590. The molecular formula is C32H29N3O4. The van der Waals surface area contributed by atoms with Gasteiger partial charge in [0.15, 0.2) is 0 Å². The Balaban J connectivity index is 1.44. The fourth-order valence-corrected chi connectivity index (χ4v) is 5.45. The number of nitrogens with zero attached hydrogens (tertiary/aromatic N) is 3. The van der Waals surface area contributed by atoms with E-state index in [1.54, 1.807) is 18.2 Å². The summed E-state index contributed by atoms with van der Waals surface area (Å²) in [5.41, 5.74) is 2.70. The Kier molecular flexibility index (Phi) is 6.29. The van der Waals surface area contributed by atoms with Gasteiger partial charge in [0.05, 0.1) is 11.6 Å². The van der Waals surface area contributed by atoms with Gasteiger partial charge in [-0.15, -0.1) is 0 Å². The lowest BCUT2D eigenvalue weighted by atomic mass is 9.94. The quantitative estimate of drug-likeness (QED) is 0.226. The molecule has 4 aromatic carbocycles. The zero-order valence-corrected chi connectivity index (χ0v) is 21.6. The fraction of sp³-hybridized carbons (Fsp3) is 0.188. The number of ketones is 1. The van der Waals surface area contributed by atoms with E-state index in [0.29, 0.717) is 16.8 Å². The number of carbonyl (C=O) groups excluding carboxylic acids is 2. The van der Waals surface area contributed by atoms with Crippen molar-refractivity contribution in [2.75, 3.05) is 43.0 Å². The molecule has 7 heteroatoms. The molecular weight excluding hydrogens is 490 g/mol. The van der Waals surface area contributed by atoms with Crippen LogP contribution < -0.4 is 9.80 Å². The standard InChI is InChI=1S/C32H29N3O4/c1-33-16-18-34(19-17-33)25-10-12-26(13-11-25)35-29(22-8-14-27(36)15-9-22)28(31(38)32(35)39)30(37)24-7-6-21-4-2-3-5-23(21)20-24/h2-15,20,29,36-37H,16-19H2,1H3/b30-28-. The highest BCUT2D eigenvalue weighted by Crippen LogP contribution is 2.43. The van der Waals surface area contributed by atoms with Gasteiger partial charge < -0.3 is 20.0 Å². The van der Waals surface area contributed by atoms with Crippen LogP contribution >= 0.6 is 0 Å². The lowest BCUT2D eigenvalue weighted by Gasteiger charge is -2.34. The number of anilines is 2. The topological polar surface area (TPSA) is 84.3 Å². The number of phenols is 1. The van der Waals surface area contributed by atoms with Crippen molar-refractivity contribution in [1.29, 1.82) is 0 Å². The number of phenolic OH excluding ortho intramolecular Hbond substituents is 1. The number of aliphatic hydroxyl groups is 1. The summed E-state index contributed by atoms with van der Waals surface area (Å²) < 4.78 is 0. The molecule has 7 nitrogen and oxygen atoms in total. The molecule has 2 heterocycles. The molecule has 1 atom stereocenters. The second kappa shape index (κ2) is 9.93. The van der Waals surface area contributed by atoms with Crippen molar-refractivity contribution in [1.82, 2.24) is 4.90 Å². The summed E-state index contributed by atoms with van der Waals surface area (Å²) in [7, 11) is 2.11. The van der Waals surface area contributed by atoms with Gasteiger partial charge in [0.25, 0.3) is 11.7 Å². The Labute approximate surface area is 226 Å². The maximum absolute atomic E-state index is 13.5. The summed E-state index contributed by atoms with van der Waals surface area (Å²) in [4.78, 5) is 33.0. The molecule has 6 rings (SSSR count). The van der Waals surface area contributed by atoms with Crippen LogP contribution in [-0.4, -0.2) is 60.0 Å². The molecule has 2 fully saturated rings. The smallest absolute Gasteiger partial charge is 0.300 e. The number of fused-ring (bicyclic) bond motifs is 1. The van der Waals surface area contributed by atoms with Crippen molar-refractivity contribution in [2.24, 2.45) is 0 Å². The normalized spacial score (nSPS) is 19.7. The maximum Gasteiger partial charge on any atom is 0.300 e. The minimum absolute atomic E-state index is 0.0177. The van der Waals surface area contributed by atoms with Crippen LogP contribution in [-0.2, 0) is 9.59 Å². The van der Waals surface area contributed by atoms with Gasteiger partial charge in [-0.2, -0.15) is 0 Å². The SMILES string of the molecule is CN1CCN(c2ccc(N3C(=O)C(=O)/C(=C(\O)c4ccc5ccccc5c4)C3c3ccc(O)cc3)cc2)CC1. The molecule has 2 N–H and O–H groups in total. The van der Waals surface area contributed by atoms with Gasteiger partial charge in [0, 0.05) is 43.1 Å². The number of carbonyl (C=O) groups is 2. The summed E-state index contributed by atoms with van der Waals surface area (Å²) in [6, 6.07) is 26.4. The molecule has 39 heavy (non-hydrogen) atoms. The Morgan fingerprint density at radius 3 is 2.10 bits per heavy atom. The minimum atomic E-state index is -0.855. The van der Waals surface area contributed by atoms with E-state index in [1.165, 1.54) is 17.0 Å². The Morgan fingerprint density at radius 1 is 0.769 bits per heavy atom. The van der Waals surface area contributed by atoms with Crippen molar-refractivity contribution < 1.29 is 19.8 Å². The minimum Gasteiger partial charge on any atom is -0.508 e. The molecule has 1 amide bonds. The molecule has 0 aliphatic carbocycles. The van der Waals surface area contributed by atoms with E-state index in [9.17, 15) is 19.8 Å². The van der Waals surface area contributed by atoms with E-state index in [0.717, 1.165) is 42.6 Å². The number of amides is 1. The summed E-state index contributed by atoms with van der Waals surface area (Å²) in [5.74, 6) is -1.61. The van der Waals surface area contributed by atoms with Crippen molar-refractivity contribution in [3.05, 3.63) is 108 Å². The number of hydrogen-bond donors (Lipinski definition) is 2. The number of piperazine rings is 1. The van der Waals surface area contributed by atoms with Crippen LogP contribution in [0.5, 0.6) is 5.75 Å². The molecule has 196 valence electrons. The molecule has 0 spiro atoms. The third kappa shape index (κ3) is 4.51. The third-order valence-corrected chi connectivity index (χ3v) is 7.67. The number of Topliss-reactive ketones (excluding diaryl/α,β-unsaturated/α-hetero) is 1. The summed E-state index contributed by atoms with van der Waals surface area (Å²) >= 11 is 0. The largest absolute Gasteiger partial charge is 0.508 e. The lowest BCUT2D eigenvalue weighted by molar-refractivity contribution is -0.132. The van der Waals surface area contributed by atoms with Crippen molar-refractivity contribution >= 4 is 39.6 Å². The number of benzene rings is 4. The van der Waals surface area contributed by atoms with Gasteiger partial charge in [-0.3, -0.25) is 14.5 Å². The van der Waals surface area contributed by atoms with Crippen molar-refractivity contribution in [2.45, 2.75) is 6.04 Å². The highest BCUT2D eigenvalue weighted by Gasteiger charge is 2.47. The molecule has 2 aliphatic rings. The van der Waals surface area contributed by atoms with Crippen molar-refractivity contribution in [3.63, 3.8) is 0 Å². The first-order chi connectivity index (χ1) is 18.9. The zero-order chi connectivity index (χ0) is 27.1. The first kappa shape index (κ1) is 24.7. The van der Waals surface area contributed by atoms with E-state index >= 15 is 0 Å². The summed E-state index contributed by atoms with van der Waals surface area (Å²) in [5, 5.41) is 23.3. The van der Waals surface area contributed by atoms with Crippen LogP contribution in [0.4, 0.5) is 11.4 Å². The van der Waals surface area contributed by atoms with E-state index in [4.69, 9.17) is 0 Å².